The number of carbonyl (C=O) groups is 2. The zero-order valence-electron chi connectivity index (χ0n) is 14.4. The van der Waals surface area contributed by atoms with E-state index in [4.69, 9.17) is 10.5 Å². The standard InChI is InChI=1S/C18H25N3O3.ClH/c1-12(20-18(23)16-9-8-15(11-19)24-16)13-4-6-14(7-5-13)21-10-2-3-17(21)22;/h4-7,12,15-16H,2-3,8-11,19H2,1H3,(H,20,23);1H/t12?,15-,16+;/m1./s1. The van der Waals surface area contributed by atoms with Crippen LogP contribution in [0.5, 0.6) is 0 Å². The molecule has 25 heavy (non-hydrogen) atoms. The van der Waals surface area contributed by atoms with E-state index in [1.54, 1.807) is 0 Å². The van der Waals surface area contributed by atoms with Gasteiger partial charge in [-0.2, -0.15) is 0 Å². The number of ether oxygens (including phenoxy) is 1. The van der Waals surface area contributed by atoms with Gasteiger partial charge in [0.2, 0.25) is 11.8 Å². The number of benzene rings is 1. The molecule has 2 fully saturated rings. The van der Waals surface area contributed by atoms with Gasteiger partial charge >= 0.3 is 0 Å². The molecule has 1 aromatic carbocycles. The molecule has 0 saturated carbocycles. The van der Waals surface area contributed by atoms with Crippen molar-refractivity contribution >= 4 is 29.9 Å². The average Bonchev–Trinajstić information content (AvgIpc) is 3.23. The summed E-state index contributed by atoms with van der Waals surface area (Å²) in [5.74, 6) is 0.0918. The number of amides is 2. The van der Waals surface area contributed by atoms with Gasteiger partial charge in [0.25, 0.3) is 0 Å². The second-order valence-electron chi connectivity index (χ2n) is 6.53. The summed E-state index contributed by atoms with van der Waals surface area (Å²) in [6.45, 7) is 3.19. The zero-order valence-corrected chi connectivity index (χ0v) is 15.3. The third-order valence-electron chi connectivity index (χ3n) is 4.80. The molecule has 1 aromatic rings. The highest BCUT2D eigenvalue weighted by atomic mass is 35.5. The normalized spacial score (nSPS) is 24.1. The maximum absolute atomic E-state index is 12.3. The van der Waals surface area contributed by atoms with Crippen LogP contribution in [0.3, 0.4) is 0 Å². The van der Waals surface area contributed by atoms with E-state index < -0.39 is 6.10 Å². The van der Waals surface area contributed by atoms with Crippen LogP contribution in [0.4, 0.5) is 5.69 Å². The molecule has 0 aromatic heterocycles. The Hall–Kier alpha value is -1.63. The van der Waals surface area contributed by atoms with Gasteiger partial charge < -0.3 is 20.7 Å². The molecule has 0 spiro atoms. The molecular formula is C18H26ClN3O3. The summed E-state index contributed by atoms with van der Waals surface area (Å²) in [5, 5.41) is 3.00. The van der Waals surface area contributed by atoms with Crippen LogP contribution in [-0.4, -0.2) is 37.1 Å². The minimum absolute atomic E-state index is 0. The molecule has 3 rings (SSSR count). The van der Waals surface area contributed by atoms with Crippen molar-refractivity contribution < 1.29 is 14.3 Å². The first-order chi connectivity index (χ1) is 11.6. The molecular weight excluding hydrogens is 342 g/mol. The van der Waals surface area contributed by atoms with Gasteiger partial charge in [0, 0.05) is 25.2 Å². The van der Waals surface area contributed by atoms with Crippen LogP contribution in [0, 0.1) is 0 Å². The molecule has 2 saturated heterocycles. The lowest BCUT2D eigenvalue weighted by molar-refractivity contribution is -0.132. The maximum Gasteiger partial charge on any atom is 0.249 e. The molecule has 1 unspecified atom stereocenters. The van der Waals surface area contributed by atoms with Gasteiger partial charge in [-0.15, -0.1) is 12.4 Å². The van der Waals surface area contributed by atoms with Gasteiger partial charge in [-0.05, 0) is 43.9 Å². The fourth-order valence-corrected chi connectivity index (χ4v) is 3.33. The Balaban J connectivity index is 0.00000225. The Morgan fingerprint density at radius 3 is 2.64 bits per heavy atom. The third kappa shape index (κ3) is 4.51. The van der Waals surface area contributed by atoms with Crippen LogP contribution in [-0.2, 0) is 14.3 Å². The largest absolute Gasteiger partial charge is 0.364 e. The Labute approximate surface area is 154 Å². The van der Waals surface area contributed by atoms with Crippen molar-refractivity contribution in [3.63, 3.8) is 0 Å². The third-order valence-corrected chi connectivity index (χ3v) is 4.80. The van der Waals surface area contributed by atoms with Crippen molar-refractivity contribution in [2.75, 3.05) is 18.0 Å². The summed E-state index contributed by atoms with van der Waals surface area (Å²) < 4.78 is 5.63. The number of carbonyl (C=O) groups excluding carboxylic acids is 2. The molecule has 2 aliphatic rings. The van der Waals surface area contributed by atoms with Crippen LogP contribution in [0.15, 0.2) is 24.3 Å². The van der Waals surface area contributed by atoms with E-state index in [0.717, 1.165) is 37.1 Å². The fraction of sp³-hybridized carbons (Fsp3) is 0.556. The first kappa shape index (κ1) is 19.7. The van der Waals surface area contributed by atoms with Gasteiger partial charge in [0.15, 0.2) is 0 Å². The fourth-order valence-electron chi connectivity index (χ4n) is 3.33. The van der Waals surface area contributed by atoms with Crippen molar-refractivity contribution in [2.24, 2.45) is 5.73 Å². The SMILES string of the molecule is CC(NC(=O)[C@@H]1CC[C@H](CN)O1)c1ccc(N2CCCC2=O)cc1.Cl. The molecule has 7 heteroatoms. The number of hydrogen-bond donors (Lipinski definition) is 2. The lowest BCUT2D eigenvalue weighted by atomic mass is 10.1. The van der Waals surface area contributed by atoms with E-state index in [-0.39, 0.29) is 36.4 Å². The van der Waals surface area contributed by atoms with E-state index >= 15 is 0 Å². The number of nitrogens with one attached hydrogen (secondary N) is 1. The van der Waals surface area contributed by atoms with Gasteiger partial charge in [0.05, 0.1) is 12.1 Å². The highest BCUT2D eigenvalue weighted by Crippen LogP contribution is 2.24. The van der Waals surface area contributed by atoms with Crippen LogP contribution in [0.2, 0.25) is 0 Å². The number of halogens is 1. The molecule has 6 nitrogen and oxygen atoms in total. The molecule has 0 bridgehead atoms. The van der Waals surface area contributed by atoms with Crippen LogP contribution < -0.4 is 16.0 Å². The van der Waals surface area contributed by atoms with Crippen LogP contribution in [0.25, 0.3) is 0 Å². The quantitative estimate of drug-likeness (QED) is 0.832. The molecule has 0 aliphatic carbocycles. The summed E-state index contributed by atoms with van der Waals surface area (Å²) >= 11 is 0. The van der Waals surface area contributed by atoms with Crippen LogP contribution in [0.1, 0.15) is 44.2 Å². The predicted octanol–water partition coefficient (Wildman–Crippen LogP) is 1.92. The topological polar surface area (TPSA) is 84.7 Å². The summed E-state index contributed by atoms with van der Waals surface area (Å²) in [4.78, 5) is 25.9. The highest BCUT2D eigenvalue weighted by Gasteiger charge is 2.30. The molecule has 138 valence electrons. The lowest BCUT2D eigenvalue weighted by Gasteiger charge is -2.20. The second-order valence-corrected chi connectivity index (χ2v) is 6.53. The summed E-state index contributed by atoms with van der Waals surface area (Å²) in [7, 11) is 0. The minimum Gasteiger partial charge on any atom is -0.364 e. The summed E-state index contributed by atoms with van der Waals surface area (Å²) in [6, 6.07) is 7.70. The molecule has 0 radical (unpaired) electrons. The maximum atomic E-state index is 12.3. The van der Waals surface area contributed by atoms with Crippen molar-refractivity contribution in [1.29, 1.82) is 0 Å². The Kier molecular flexibility index (Phi) is 6.81. The highest BCUT2D eigenvalue weighted by molar-refractivity contribution is 5.95. The van der Waals surface area contributed by atoms with E-state index in [0.29, 0.717) is 13.0 Å². The van der Waals surface area contributed by atoms with Crippen molar-refractivity contribution in [3.8, 4) is 0 Å². The van der Waals surface area contributed by atoms with E-state index in [1.165, 1.54) is 0 Å². The Bertz CT molecular complexity index is 608. The zero-order chi connectivity index (χ0) is 17.1. The van der Waals surface area contributed by atoms with Gasteiger partial charge in [-0.1, -0.05) is 12.1 Å². The lowest BCUT2D eigenvalue weighted by Crippen LogP contribution is -2.37. The number of nitrogens with two attached hydrogens (primary N) is 1. The first-order valence-corrected chi connectivity index (χ1v) is 8.64. The predicted molar refractivity (Wildman–Crippen MR) is 98.8 cm³/mol. The van der Waals surface area contributed by atoms with Crippen molar-refractivity contribution in [1.82, 2.24) is 5.32 Å². The van der Waals surface area contributed by atoms with Gasteiger partial charge in [-0.3, -0.25) is 9.59 Å². The molecule has 2 amide bonds. The first-order valence-electron chi connectivity index (χ1n) is 8.64. The van der Waals surface area contributed by atoms with E-state index in [2.05, 4.69) is 5.32 Å². The molecule has 2 aliphatic heterocycles. The van der Waals surface area contributed by atoms with E-state index in [9.17, 15) is 9.59 Å². The Morgan fingerprint density at radius 1 is 1.36 bits per heavy atom. The number of hydrogen-bond acceptors (Lipinski definition) is 4. The second kappa shape index (κ2) is 8.65. The van der Waals surface area contributed by atoms with Gasteiger partial charge in [0.1, 0.15) is 6.10 Å². The minimum atomic E-state index is -0.400. The van der Waals surface area contributed by atoms with Gasteiger partial charge in [-0.25, -0.2) is 0 Å². The van der Waals surface area contributed by atoms with E-state index in [1.807, 2.05) is 36.1 Å². The number of anilines is 1. The monoisotopic (exact) mass is 367 g/mol. The smallest absolute Gasteiger partial charge is 0.249 e. The number of nitrogens with zero attached hydrogens (tertiary/aromatic N) is 1. The molecule has 2 heterocycles. The number of rotatable bonds is 5. The average molecular weight is 368 g/mol. The summed E-state index contributed by atoms with van der Waals surface area (Å²) in [5.41, 5.74) is 7.51. The summed E-state index contributed by atoms with van der Waals surface area (Å²) in [6.07, 6.45) is 2.69. The molecule has 3 N–H and O–H groups in total. The Morgan fingerprint density at radius 2 is 2.08 bits per heavy atom. The van der Waals surface area contributed by atoms with Crippen LogP contribution >= 0.6 is 12.4 Å². The molecule has 3 atom stereocenters. The van der Waals surface area contributed by atoms with Crippen molar-refractivity contribution in [2.45, 2.75) is 50.9 Å². The van der Waals surface area contributed by atoms with Crippen molar-refractivity contribution in [3.05, 3.63) is 29.8 Å².